The van der Waals surface area contributed by atoms with Gasteiger partial charge in [-0.1, -0.05) is 13.8 Å². The highest BCUT2D eigenvalue weighted by atomic mass is 19.1. The van der Waals surface area contributed by atoms with Crippen LogP contribution >= 0.6 is 0 Å². The summed E-state index contributed by atoms with van der Waals surface area (Å²) in [5.41, 5.74) is 0.388. The van der Waals surface area contributed by atoms with Gasteiger partial charge in [-0.05, 0) is 37.1 Å². The number of hydrogen-bond donors (Lipinski definition) is 1. The predicted octanol–water partition coefficient (Wildman–Crippen LogP) is 3.10. The summed E-state index contributed by atoms with van der Waals surface area (Å²) in [6.45, 7) is 5.47. The Kier molecular flexibility index (Phi) is 4.69. The second-order valence-electron chi connectivity index (χ2n) is 4.10. The summed E-state index contributed by atoms with van der Waals surface area (Å²) >= 11 is 0. The van der Waals surface area contributed by atoms with Crippen molar-refractivity contribution in [1.29, 1.82) is 0 Å². The molecular weight excluding hydrogens is 196 g/mol. The first-order valence-corrected chi connectivity index (χ1v) is 5.24. The van der Waals surface area contributed by atoms with Crippen LogP contribution in [-0.2, 0) is 6.54 Å². The molecule has 3 heteroatoms. The van der Waals surface area contributed by atoms with Gasteiger partial charge in [0, 0.05) is 12.1 Å². The predicted molar refractivity (Wildman–Crippen MR) is 57.5 cm³/mol. The zero-order chi connectivity index (χ0) is 11.3. The van der Waals surface area contributed by atoms with Crippen molar-refractivity contribution in [2.45, 2.75) is 26.8 Å². The van der Waals surface area contributed by atoms with Crippen LogP contribution in [0, 0.1) is 17.6 Å². The lowest BCUT2D eigenvalue weighted by atomic mass is 10.1. The molecule has 15 heavy (non-hydrogen) atoms. The summed E-state index contributed by atoms with van der Waals surface area (Å²) in [5.74, 6) is -0.125. The van der Waals surface area contributed by atoms with Gasteiger partial charge in [0.1, 0.15) is 11.6 Å². The smallest absolute Gasteiger partial charge is 0.127 e. The van der Waals surface area contributed by atoms with E-state index in [0.29, 0.717) is 18.0 Å². The summed E-state index contributed by atoms with van der Waals surface area (Å²) in [5, 5.41) is 3.09. The van der Waals surface area contributed by atoms with Crippen LogP contribution in [0.25, 0.3) is 0 Å². The van der Waals surface area contributed by atoms with Crippen molar-refractivity contribution in [2.24, 2.45) is 5.92 Å². The van der Waals surface area contributed by atoms with Crippen molar-refractivity contribution < 1.29 is 8.78 Å². The van der Waals surface area contributed by atoms with Gasteiger partial charge in [0.05, 0.1) is 0 Å². The number of halogens is 2. The maximum absolute atomic E-state index is 13.1. The quantitative estimate of drug-likeness (QED) is 0.741. The monoisotopic (exact) mass is 213 g/mol. The third-order valence-electron chi connectivity index (χ3n) is 2.22. The van der Waals surface area contributed by atoms with Gasteiger partial charge in [-0.25, -0.2) is 8.78 Å². The van der Waals surface area contributed by atoms with Crippen molar-refractivity contribution >= 4 is 0 Å². The third kappa shape index (κ3) is 4.38. The molecule has 0 saturated heterocycles. The molecule has 0 aliphatic heterocycles. The van der Waals surface area contributed by atoms with Gasteiger partial charge in [-0.15, -0.1) is 0 Å². The molecule has 1 aromatic rings. The highest BCUT2D eigenvalue weighted by molar-refractivity contribution is 5.18. The van der Waals surface area contributed by atoms with E-state index in [2.05, 4.69) is 19.2 Å². The molecule has 1 nitrogen and oxygen atoms in total. The van der Waals surface area contributed by atoms with Crippen molar-refractivity contribution in [2.75, 3.05) is 6.54 Å². The second-order valence-corrected chi connectivity index (χ2v) is 4.10. The second kappa shape index (κ2) is 5.81. The lowest BCUT2D eigenvalue weighted by Gasteiger charge is -2.07. The Balaban J connectivity index is 2.40. The Morgan fingerprint density at radius 3 is 2.67 bits per heavy atom. The van der Waals surface area contributed by atoms with E-state index in [1.165, 1.54) is 6.07 Å². The first kappa shape index (κ1) is 12.1. The SMILES string of the molecule is CC(C)CCNCc1cc(F)ccc1F. The van der Waals surface area contributed by atoms with Crippen LogP contribution in [0.3, 0.4) is 0 Å². The van der Waals surface area contributed by atoms with E-state index in [-0.39, 0.29) is 5.82 Å². The molecule has 84 valence electrons. The fraction of sp³-hybridized carbons (Fsp3) is 0.500. The third-order valence-corrected chi connectivity index (χ3v) is 2.22. The Morgan fingerprint density at radius 1 is 1.27 bits per heavy atom. The van der Waals surface area contributed by atoms with Crippen LogP contribution in [0.2, 0.25) is 0 Å². The lowest BCUT2D eigenvalue weighted by molar-refractivity contribution is 0.523. The van der Waals surface area contributed by atoms with Gasteiger partial charge in [0.2, 0.25) is 0 Å². The molecular formula is C12H17F2N. The normalized spacial score (nSPS) is 11.0. The Hall–Kier alpha value is -0.960. The molecule has 0 unspecified atom stereocenters. The highest BCUT2D eigenvalue weighted by Crippen LogP contribution is 2.09. The van der Waals surface area contributed by atoms with Gasteiger partial charge in [0.15, 0.2) is 0 Å². The summed E-state index contributed by atoms with van der Waals surface area (Å²) in [6.07, 6.45) is 1.04. The first-order valence-electron chi connectivity index (χ1n) is 5.24. The average Bonchev–Trinajstić information content (AvgIpc) is 2.17. The van der Waals surface area contributed by atoms with Crippen LogP contribution in [0.4, 0.5) is 8.78 Å². The van der Waals surface area contributed by atoms with Crippen molar-refractivity contribution in [1.82, 2.24) is 5.32 Å². The maximum atomic E-state index is 13.1. The van der Waals surface area contributed by atoms with E-state index in [4.69, 9.17) is 0 Å². The van der Waals surface area contributed by atoms with Gasteiger partial charge < -0.3 is 5.32 Å². The summed E-state index contributed by atoms with van der Waals surface area (Å²) in [6, 6.07) is 3.53. The number of benzene rings is 1. The van der Waals surface area contributed by atoms with Crippen LogP contribution in [-0.4, -0.2) is 6.54 Å². The molecule has 0 aromatic heterocycles. The van der Waals surface area contributed by atoms with E-state index < -0.39 is 5.82 Å². The highest BCUT2D eigenvalue weighted by Gasteiger charge is 2.03. The molecule has 0 atom stereocenters. The zero-order valence-corrected chi connectivity index (χ0v) is 9.19. The molecule has 1 aromatic carbocycles. The molecule has 0 heterocycles. The zero-order valence-electron chi connectivity index (χ0n) is 9.19. The molecule has 0 saturated carbocycles. The van der Waals surface area contributed by atoms with Gasteiger partial charge >= 0.3 is 0 Å². The van der Waals surface area contributed by atoms with E-state index in [1.54, 1.807) is 0 Å². The minimum atomic E-state index is -0.392. The molecule has 0 bridgehead atoms. The lowest BCUT2D eigenvalue weighted by Crippen LogP contribution is -2.17. The minimum Gasteiger partial charge on any atom is -0.313 e. The summed E-state index contributed by atoms with van der Waals surface area (Å²) in [7, 11) is 0. The van der Waals surface area contributed by atoms with Crippen LogP contribution in [0.5, 0.6) is 0 Å². The molecule has 0 radical (unpaired) electrons. The van der Waals surface area contributed by atoms with E-state index in [1.807, 2.05) is 0 Å². The Bertz CT molecular complexity index is 310. The van der Waals surface area contributed by atoms with Crippen LogP contribution < -0.4 is 5.32 Å². The van der Waals surface area contributed by atoms with Crippen molar-refractivity contribution in [3.8, 4) is 0 Å². The van der Waals surface area contributed by atoms with Crippen molar-refractivity contribution in [3.05, 3.63) is 35.4 Å². The molecule has 0 amide bonds. The average molecular weight is 213 g/mol. The van der Waals surface area contributed by atoms with Gasteiger partial charge in [0.25, 0.3) is 0 Å². The van der Waals surface area contributed by atoms with E-state index in [9.17, 15) is 8.78 Å². The molecule has 1 N–H and O–H groups in total. The molecule has 0 fully saturated rings. The summed E-state index contributed by atoms with van der Waals surface area (Å²) in [4.78, 5) is 0. The number of hydrogen-bond acceptors (Lipinski definition) is 1. The fourth-order valence-electron chi connectivity index (χ4n) is 1.29. The standard InChI is InChI=1S/C12H17F2N/c1-9(2)5-6-15-8-10-7-11(13)3-4-12(10)14/h3-4,7,9,15H,5-6,8H2,1-2H3. The van der Waals surface area contributed by atoms with E-state index in [0.717, 1.165) is 25.1 Å². The molecule has 0 spiro atoms. The van der Waals surface area contributed by atoms with Crippen LogP contribution in [0.1, 0.15) is 25.8 Å². The number of nitrogens with one attached hydrogen (secondary N) is 1. The Morgan fingerprint density at radius 2 is 2.00 bits per heavy atom. The van der Waals surface area contributed by atoms with Crippen LogP contribution in [0.15, 0.2) is 18.2 Å². The maximum Gasteiger partial charge on any atom is 0.127 e. The van der Waals surface area contributed by atoms with Gasteiger partial charge in [-0.3, -0.25) is 0 Å². The largest absolute Gasteiger partial charge is 0.313 e. The first-order chi connectivity index (χ1) is 7.09. The van der Waals surface area contributed by atoms with Crippen molar-refractivity contribution in [3.63, 3.8) is 0 Å². The molecule has 0 aliphatic carbocycles. The fourth-order valence-corrected chi connectivity index (χ4v) is 1.29. The summed E-state index contributed by atoms with van der Waals surface area (Å²) < 4.78 is 25.9. The number of rotatable bonds is 5. The topological polar surface area (TPSA) is 12.0 Å². The van der Waals surface area contributed by atoms with Gasteiger partial charge in [-0.2, -0.15) is 0 Å². The Labute approximate surface area is 89.5 Å². The van der Waals surface area contributed by atoms with E-state index >= 15 is 0 Å². The molecule has 0 aliphatic rings. The molecule has 1 rings (SSSR count). The minimum absolute atomic E-state index is 0.353.